The first-order chi connectivity index (χ1) is 15.5. The molecule has 0 amide bonds. The molecule has 1 unspecified atom stereocenters. The minimum atomic E-state index is -0.371. The molecular weight excluding hydrogens is 408 g/mol. The van der Waals surface area contributed by atoms with E-state index >= 15 is 0 Å². The maximum atomic E-state index is 11.8. The molecule has 32 heavy (non-hydrogen) atoms. The zero-order valence-corrected chi connectivity index (χ0v) is 21.0. The molecule has 0 aromatic rings. The van der Waals surface area contributed by atoms with Gasteiger partial charge in [-0.25, -0.2) is 0 Å². The molecule has 0 N–H and O–H groups in total. The van der Waals surface area contributed by atoms with E-state index in [4.69, 9.17) is 14.2 Å². The van der Waals surface area contributed by atoms with Crippen molar-refractivity contribution >= 4 is 17.9 Å². The molecule has 0 aromatic carbocycles. The second kappa shape index (κ2) is 22.6. The van der Waals surface area contributed by atoms with Crippen LogP contribution < -0.4 is 0 Å². The highest BCUT2D eigenvalue weighted by molar-refractivity contribution is 5.70. The molecule has 0 aliphatic rings. The van der Waals surface area contributed by atoms with Gasteiger partial charge in [-0.1, -0.05) is 85.0 Å². The summed E-state index contributed by atoms with van der Waals surface area (Å²) in [6.07, 6.45) is 16.1. The number of rotatable bonds is 22. The summed E-state index contributed by atoms with van der Waals surface area (Å²) in [4.78, 5) is 34.7. The Bertz CT molecular complexity index is 477. The molecule has 188 valence electrons. The first-order valence-electron chi connectivity index (χ1n) is 13.0. The van der Waals surface area contributed by atoms with E-state index in [1.165, 1.54) is 38.5 Å². The van der Waals surface area contributed by atoms with E-state index in [-0.39, 0.29) is 30.6 Å². The van der Waals surface area contributed by atoms with Gasteiger partial charge in [0.25, 0.3) is 0 Å². The Labute approximate surface area is 196 Å². The number of carbonyl (C=O) groups is 3. The van der Waals surface area contributed by atoms with Gasteiger partial charge in [0.2, 0.25) is 0 Å². The Morgan fingerprint density at radius 2 is 1.16 bits per heavy atom. The maximum absolute atomic E-state index is 11.8. The zero-order chi connectivity index (χ0) is 23.9. The smallest absolute Gasteiger partial charge is 0.305 e. The molecule has 0 spiro atoms. The zero-order valence-electron chi connectivity index (χ0n) is 21.0. The van der Waals surface area contributed by atoms with E-state index in [1.807, 2.05) is 0 Å². The SMILES string of the molecule is CCCCCCCCCCOC(=O)CCCCCCCC(COC(=O)CC)OC(=O)CC. The lowest BCUT2D eigenvalue weighted by atomic mass is 10.1. The van der Waals surface area contributed by atoms with Gasteiger partial charge < -0.3 is 14.2 Å². The van der Waals surface area contributed by atoms with Crippen molar-refractivity contribution in [1.29, 1.82) is 0 Å². The molecule has 0 fully saturated rings. The quantitative estimate of drug-likeness (QED) is 0.103. The fourth-order valence-electron chi connectivity index (χ4n) is 3.40. The van der Waals surface area contributed by atoms with Gasteiger partial charge >= 0.3 is 17.9 Å². The summed E-state index contributed by atoms with van der Waals surface area (Å²) in [6, 6.07) is 0. The predicted molar refractivity (Wildman–Crippen MR) is 127 cm³/mol. The largest absolute Gasteiger partial charge is 0.466 e. The summed E-state index contributed by atoms with van der Waals surface area (Å²) in [6.45, 7) is 6.39. The van der Waals surface area contributed by atoms with Gasteiger partial charge in [0.1, 0.15) is 12.7 Å². The molecule has 0 aliphatic carbocycles. The Morgan fingerprint density at radius 3 is 1.78 bits per heavy atom. The van der Waals surface area contributed by atoms with Crippen LogP contribution in [0, 0.1) is 0 Å². The van der Waals surface area contributed by atoms with Gasteiger partial charge in [0.05, 0.1) is 6.61 Å². The third kappa shape index (κ3) is 20.3. The number of hydrogen-bond donors (Lipinski definition) is 0. The third-order valence-corrected chi connectivity index (χ3v) is 5.47. The van der Waals surface area contributed by atoms with Gasteiger partial charge in [-0.2, -0.15) is 0 Å². The minimum Gasteiger partial charge on any atom is -0.466 e. The highest BCUT2D eigenvalue weighted by Crippen LogP contribution is 2.13. The molecule has 0 saturated heterocycles. The molecule has 0 rings (SSSR count). The Morgan fingerprint density at radius 1 is 0.594 bits per heavy atom. The van der Waals surface area contributed by atoms with E-state index in [9.17, 15) is 14.4 Å². The monoisotopic (exact) mass is 456 g/mol. The first kappa shape index (κ1) is 30.4. The number of ether oxygens (including phenoxy) is 3. The van der Waals surface area contributed by atoms with E-state index in [0.717, 1.165) is 44.9 Å². The van der Waals surface area contributed by atoms with Gasteiger partial charge in [-0.3, -0.25) is 14.4 Å². The standard InChI is InChI=1S/C26H48O6/c1-4-7-8-9-10-11-15-18-21-30-26(29)20-17-14-12-13-16-19-23(32-25(28)6-3)22-31-24(27)5-2/h23H,4-22H2,1-3H3. The summed E-state index contributed by atoms with van der Waals surface area (Å²) < 4.78 is 15.8. The van der Waals surface area contributed by atoms with Crippen LogP contribution in [0.4, 0.5) is 0 Å². The van der Waals surface area contributed by atoms with E-state index < -0.39 is 0 Å². The molecule has 0 radical (unpaired) electrons. The number of esters is 3. The number of hydrogen-bond acceptors (Lipinski definition) is 6. The van der Waals surface area contributed by atoms with E-state index in [0.29, 0.717) is 32.3 Å². The van der Waals surface area contributed by atoms with Crippen LogP contribution in [0.5, 0.6) is 0 Å². The lowest BCUT2D eigenvalue weighted by Gasteiger charge is -2.17. The minimum absolute atomic E-state index is 0.0859. The Balaban J connectivity index is 3.64. The molecule has 0 aliphatic heterocycles. The van der Waals surface area contributed by atoms with E-state index in [1.54, 1.807) is 13.8 Å². The molecule has 6 nitrogen and oxygen atoms in total. The average molecular weight is 457 g/mol. The summed E-state index contributed by atoms with van der Waals surface area (Å²) in [5.41, 5.74) is 0. The molecule has 1 atom stereocenters. The maximum Gasteiger partial charge on any atom is 0.305 e. The average Bonchev–Trinajstić information content (AvgIpc) is 2.80. The highest BCUT2D eigenvalue weighted by Gasteiger charge is 2.15. The second-order valence-corrected chi connectivity index (χ2v) is 8.50. The van der Waals surface area contributed by atoms with Crippen LogP contribution in [0.25, 0.3) is 0 Å². The van der Waals surface area contributed by atoms with Gasteiger partial charge in [0.15, 0.2) is 0 Å². The van der Waals surface area contributed by atoms with Gasteiger partial charge in [-0.15, -0.1) is 0 Å². The Kier molecular flexibility index (Phi) is 21.5. The van der Waals surface area contributed by atoms with Crippen molar-refractivity contribution in [2.75, 3.05) is 13.2 Å². The van der Waals surface area contributed by atoms with Crippen LogP contribution in [-0.2, 0) is 28.6 Å². The van der Waals surface area contributed by atoms with E-state index in [2.05, 4.69) is 6.92 Å². The van der Waals surface area contributed by atoms with Crippen molar-refractivity contribution in [1.82, 2.24) is 0 Å². The highest BCUT2D eigenvalue weighted by atomic mass is 16.6. The summed E-state index contributed by atoms with van der Waals surface area (Å²) in [7, 11) is 0. The third-order valence-electron chi connectivity index (χ3n) is 5.47. The fourth-order valence-corrected chi connectivity index (χ4v) is 3.40. The number of carbonyl (C=O) groups excluding carboxylic acids is 3. The Hall–Kier alpha value is -1.59. The molecule has 0 aromatic heterocycles. The van der Waals surface area contributed by atoms with Crippen LogP contribution in [0.15, 0.2) is 0 Å². The molecule has 0 bridgehead atoms. The van der Waals surface area contributed by atoms with Gasteiger partial charge in [0, 0.05) is 19.3 Å². The number of unbranched alkanes of at least 4 members (excludes halogenated alkanes) is 11. The van der Waals surface area contributed by atoms with Crippen LogP contribution in [0.1, 0.15) is 130 Å². The van der Waals surface area contributed by atoms with Crippen LogP contribution in [0.2, 0.25) is 0 Å². The molecular formula is C26H48O6. The van der Waals surface area contributed by atoms with Crippen molar-refractivity contribution in [2.45, 2.75) is 136 Å². The van der Waals surface area contributed by atoms with Crippen molar-refractivity contribution in [3.63, 3.8) is 0 Å². The summed E-state index contributed by atoms with van der Waals surface area (Å²) >= 11 is 0. The molecule has 0 heterocycles. The van der Waals surface area contributed by atoms with Crippen LogP contribution in [-0.4, -0.2) is 37.2 Å². The predicted octanol–water partition coefficient (Wildman–Crippen LogP) is 6.68. The van der Waals surface area contributed by atoms with Crippen molar-refractivity contribution in [2.24, 2.45) is 0 Å². The first-order valence-corrected chi connectivity index (χ1v) is 13.0. The van der Waals surface area contributed by atoms with Gasteiger partial charge in [-0.05, 0) is 25.7 Å². The van der Waals surface area contributed by atoms with Crippen molar-refractivity contribution < 1.29 is 28.6 Å². The van der Waals surface area contributed by atoms with Crippen LogP contribution in [0.3, 0.4) is 0 Å². The fraction of sp³-hybridized carbons (Fsp3) is 0.885. The van der Waals surface area contributed by atoms with Crippen molar-refractivity contribution in [3.05, 3.63) is 0 Å². The summed E-state index contributed by atoms with van der Waals surface area (Å²) in [5.74, 6) is -0.637. The topological polar surface area (TPSA) is 78.9 Å². The van der Waals surface area contributed by atoms with Crippen molar-refractivity contribution in [3.8, 4) is 0 Å². The van der Waals surface area contributed by atoms with Crippen LogP contribution >= 0.6 is 0 Å². The second-order valence-electron chi connectivity index (χ2n) is 8.50. The normalized spacial score (nSPS) is 11.7. The summed E-state index contributed by atoms with van der Waals surface area (Å²) in [5, 5.41) is 0. The lowest BCUT2D eigenvalue weighted by Crippen LogP contribution is -2.25. The molecule has 6 heteroatoms. The molecule has 0 saturated carbocycles. The lowest BCUT2D eigenvalue weighted by molar-refractivity contribution is -0.159.